The number of halogens is 1. The molecule has 0 spiro atoms. The Kier molecular flexibility index (Phi) is 3.77. The van der Waals surface area contributed by atoms with E-state index in [1.807, 2.05) is 19.1 Å². The van der Waals surface area contributed by atoms with Crippen LogP contribution in [-0.4, -0.2) is 15.1 Å². The molecule has 0 aliphatic rings. The van der Waals surface area contributed by atoms with E-state index >= 15 is 0 Å². The second-order valence-corrected chi connectivity index (χ2v) is 5.37. The molecule has 2 N–H and O–H groups in total. The first-order valence-corrected chi connectivity index (χ1v) is 6.57. The molecular weight excluding hydrogens is 296 g/mol. The van der Waals surface area contributed by atoms with E-state index in [2.05, 4.69) is 38.0 Å². The number of aromatic nitrogens is 3. The summed E-state index contributed by atoms with van der Waals surface area (Å²) in [5.74, 6) is 0.911. The van der Waals surface area contributed by atoms with E-state index in [4.69, 9.17) is 10.3 Å². The highest BCUT2D eigenvalue weighted by atomic mass is 79.9. The van der Waals surface area contributed by atoms with Gasteiger partial charge in [-0.15, -0.1) is 0 Å². The summed E-state index contributed by atoms with van der Waals surface area (Å²) < 4.78 is 6.14. The Morgan fingerprint density at radius 3 is 2.83 bits per heavy atom. The van der Waals surface area contributed by atoms with Crippen LogP contribution in [0.2, 0.25) is 0 Å². The van der Waals surface area contributed by atoms with Gasteiger partial charge in [0.05, 0.1) is 5.54 Å². The minimum atomic E-state index is -0.588. The summed E-state index contributed by atoms with van der Waals surface area (Å²) in [4.78, 5) is 8.54. The standard InChI is InChI=1S/C12H15BrN4O/c1-3-6-12(2,14)11-16-10(17-18-11)9-5-4-8(13)7-15-9/h4-5,7H,3,6,14H2,1-2H3. The first-order valence-electron chi connectivity index (χ1n) is 5.78. The van der Waals surface area contributed by atoms with E-state index in [0.717, 1.165) is 17.3 Å². The van der Waals surface area contributed by atoms with E-state index in [1.54, 1.807) is 6.20 Å². The van der Waals surface area contributed by atoms with E-state index < -0.39 is 5.54 Å². The molecule has 5 nitrogen and oxygen atoms in total. The van der Waals surface area contributed by atoms with Gasteiger partial charge in [-0.05, 0) is 41.4 Å². The fraction of sp³-hybridized carbons (Fsp3) is 0.417. The topological polar surface area (TPSA) is 77.8 Å². The fourth-order valence-corrected chi connectivity index (χ4v) is 1.93. The van der Waals surface area contributed by atoms with Gasteiger partial charge in [0.15, 0.2) is 0 Å². The van der Waals surface area contributed by atoms with E-state index in [1.165, 1.54) is 0 Å². The Balaban J connectivity index is 2.28. The van der Waals surface area contributed by atoms with Gasteiger partial charge in [-0.1, -0.05) is 18.5 Å². The lowest BCUT2D eigenvalue weighted by Crippen LogP contribution is -2.33. The average Bonchev–Trinajstić information content (AvgIpc) is 2.80. The smallest absolute Gasteiger partial charge is 0.246 e. The number of rotatable bonds is 4. The molecule has 0 aliphatic carbocycles. The molecule has 0 radical (unpaired) electrons. The highest BCUT2D eigenvalue weighted by Crippen LogP contribution is 2.24. The molecule has 0 saturated heterocycles. The molecule has 0 fully saturated rings. The zero-order valence-corrected chi connectivity index (χ0v) is 11.9. The molecule has 1 unspecified atom stereocenters. The predicted molar refractivity (Wildman–Crippen MR) is 71.7 cm³/mol. The maximum Gasteiger partial charge on any atom is 0.246 e. The van der Waals surface area contributed by atoms with Crippen molar-refractivity contribution in [3.63, 3.8) is 0 Å². The summed E-state index contributed by atoms with van der Waals surface area (Å²) in [7, 11) is 0. The molecule has 0 amide bonds. The second-order valence-electron chi connectivity index (χ2n) is 4.45. The Hall–Kier alpha value is -1.27. The van der Waals surface area contributed by atoms with Gasteiger partial charge in [0.1, 0.15) is 5.69 Å². The van der Waals surface area contributed by atoms with Crippen LogP contribution >= 0.6 is 15.9 Å². The van der Waals surface area contributed by atoms with Crippen LogP contribution in [0.4, 0.5) is 0 Å². The summed E-state index contributed by atoms with van der Waals surface area (Å²) in [5, 5.41) is 3.92. The van der Waals surface area contributed by atoms with Crippen LogP contribution < -0.4 is 5.73 Å². The summed E-state index contributed by atoms with van der Waals surface area (Å²) in [6.07, 6.45) is 3.45. The lowest BCUT2D eigenvalue weighted by molar-refractivity contribution is 0.284. The van der Waals surface area contributed by atoms with Crippen molar-refractivity contribution in [1.29, 1.82) is 0 Å². The Bertz CT molecular complexity index is 521. The molecule has 2 heterocycles. The molecule has 0 aliphatic heterocycles. The van der Waals surface area contributed by atoms with Crippen molar-refractivity contribution in [3.05, 3.63) is 28.7 Å². The van der Waals surface area contributed by atoms with Crippen molar-refractivity contribution in [3.8, 4) is 11.5 Å². The van der Waals surface area contributed by atoms with Gasteiger partial charge >= 0.3 is 0 Å². The van der Waals surface area contributed by atoms with Crippen molar-refractivity contribution in [2.45, 2.75) is 32.2 Å². The molecule has 0 saturated carbocycles. The van der Waals surface area contributed by atoms with Crippen molar-refractivity contribution in [1.82, 2.24) is 15.1 Å². The number of nitrogens with zero attached hydrogens (tertiary/aromatic N) is 3. The maximum absolute atomic E-state index is 6.14. The number of nitrogens with two attached hydrogens (primary N) is 1. The largest absolute Gasteiger partial charge is 0.337 e. The van der Waals surface area contributed by atoms with Crippen LogP contribution in [0.25, 0.3) is 11.5 Å². The van der Waals surface area contributed by atoms with Gasteiger partial charge in [-0.25, -0.2) is 0 Å². The monoisotopic (exact) mass is 310 g/mol. The van der Waals surface area contributed by atoms with Crippen LogP contribution in [0.1, 0.15) is 32.6 Å². The van der Waals surface area contributed by atoms with Gasteiger partial charge in [-0.3, -0.25) is 4.98 Å². The van der Waals surface area contributed by atoms with Crippen molar-refractivity contribution < 1.29 is 4.52 Å². The second kappa shape index (κ2) is 5.16. The van der Waals surface area contributed by atoms with Crippen molar-refractivity contribution >= 4 is 15.9 Å². The minimum Gasteiger partial charge on any atom is -0.337 e. The summed E-state index contributed by atoms with van der Waals surface area (Å²) in [6.45, 7) is 3.96. The average molecular weight is 311 g/mol. The van der Waals surface area contributed by atoms with E-state index in [0.29, 0.717) is 17.4 Å². The zero-order valence-electron chi connectivity index (χ0n) is 10.4. The van der Waals surface area contributed by atoms with Crippen LogP contribution in [-0.2, 0) is 5.54 Å². The first kappa shape index (κ1) is 13.2. The quantitative estimate of drug-likeness (QED) is 0.939. The molecule has 2 aromatic heterocycles. The van der Waals surface area contributed by atoms with E-state index in [9.17, 15) is 0 Å². The van der Waals surface area contributed by atoms with Crippen molar-refractivity contribution in [2.24, 2.45) is 5.73 Å². The molecule has 96 valence electrons. The summed E-state index contributed by atoms with van der Waals surface area (Å²) in [6, 6.07) is 3.71. The van der Waals surface area contributed by atoms with Gasteiger partial charge in [0.2, 0.25) is 11.7 Å². The maximum atomic E-state index is 6.14. The highest BCUT2D eigenvalue weighted by Gasteiger charge is 2.27. The molecule has 18 heavy (non-hydrogen) atoms. The molecular formula is C12H15BrN4O. The van der Waals surface area contributed by atoms with E-state index in [-0.39, 0.29) is 0 Å². The molecule has 1 atom stereocenters. The zero-order chi connectivity index (χ0) is 13.2. The van der Waals surface area contributed by atoms with Crippen molar-refractivity contribution in [2.75, 3.05) is 0 Å². The molecule has 2 rings (SSSR count). The van der Waals surface area contributed by atoms with Crippen LogP contribution in [0.15, 0.2) is 27.3 Å². The van der Waals surface area contributed by atoms with Crippen LogP contribution in [0.3, 0.4) is 0 Å². The normalized spacial score (nSPS) is 14.4. The third-order valence-electron chi connectivity index (χ3n) is 2.64. The van der Waals surface area contributed by atoms with Gasteiger partial charge in [0.25, 0.3) is 0 Å². The summed E-state index contributed by atoms with van der Waals surface area (Å²) in [5.41, 5.74) is 6.22. The minimum absolute atomic E-state index is 0.448. The van der Waals surface area contributed by atoms with Gasteiger partial charge in [0, 0.05) is 10.7 Å². The van der Waals surface area contributed by atoms with Crippen LogP contribution in [0.5, 0.6) is 0 Å². The number of hydrogen-bond donors (Lipinski definition) is 1. The lowest BCUT2D eigenvalue weighted by atomic mass is 9.98. The molecule has 2 aromatic rings. The predicted octanol–water partition coefficient (Wildman–Crippen LogP) is 2.87. The highest BCUT2D eigenvalue weighted by molar-refractivity contribution is 9.10. The third-order valence-corrected chi connectivity index (χ3v) is 3.11. The molecule has 6 heteroatoms. The Labute approximate surface area is 114 Å². The number of pyridine rings is 1. The molecule has 0 aromatic carbocycles. The number of hydrogen-bond acceptors (Lipinski definition) is 5. The summed E-state index contributed by atoms with van der Waals surface area (Å²) >= 11 is 3.33. The van der Waals surface area contributed by atoms with Crippen LogP contribution in [0, 0.1) is 0 Å². The SMILES string of the molecule is CCCC(C)(N)c1nc(-c2ccc(Br)cn2)no1. The Morgan fingerprint density at radius 2 is 2.22 bits per heavy atom. The first-order chi connectivity index (χ1) is 8.53. The third kappa shape index (κ3) is 2.76. The molecule has 0 bridgehead atoms. The van der Waals surface area contributed by atoms with Gasteiger partial charge < -0.3 is 10.3 Å². The fourth-order valence-electron chi connectivity index (χ4n) is 1.69. The van der Waals surface area contributed by atoms with Gasteiger partial charge in [-0.2, -0.15) is 4.98 Å². The Morgan fingerprint density at radius 1 is 1.44 bits per heavy atom. The lowest BCUT2D eigenvalue weighted by Gasteiger charge is -2.18.